The van der Waals surface area contributed by atoms with Crippen LogP contribution in [0.1, 0.15) is 33.4 Å². The van der Waals surface area contributed by atoms with E-state index in [1.54, 1.807) is 55.5 Å². The van der Waals surface area contributed by atoms with Crippen molar-refractivity contribution in [3.63, 3.8) is 0 Å². The highest BCUT2D eigenvalue weighted by molar-refractivity contribution is 7.15. The summed E-state index contributed by atoms with van der Waals surface area (Å²) in [5, 5.41) is 15.2. The van der Waals surface area contributed by atoms with Gasteiger partial charge in [-0.15, -0.1) is 11.3 Å². The van der Waals surface area contributed by atoms with Gasteiger partial charge in [0.2, 0.25) is 0 Å². The van der Waals surface area contributed by atoms with Crippen LogP contribution >= 0.6 is 11.3 Å². The zero-order valence-corrected chi connectivity index (χ0v) is 19.1. The number of hydrogen-bond acceptors (Lipinski definition) is 7. The highest BCUT2D eigenvalue weighted by atomic mass is 32.1. The number of anilines is 2. The van der Waals surface area contributed by atoms with E-state index in [1.165, 1.54) is 16.2 Å². The molecule has 1 aromatic heterocycles. The minimum absolute atomic E-state index is 0.287. The van der Waals surface area contributed by atoms with Gasteiger partial charge in [-0.2, -0.15) is 5.26 Å². The minimum atomic E-state index is -0.809. The predicted octanol–water partition coefficient (Wildman–Crippen LogP) is 3.66. The third-order valence-electron chi connectivity index (χ3n) is 5.18. The molecule has 2 aromatic carbocycles. The van der Waals surface area contributed by atoms with E-state index in [4.69, 9.17) is 10.00 Å². The smallest absolute Gasteiger partial charge is 0.265 e. The molecule has 9 heteroatoms. The molecule has 2 amide bonds. The molecule has 2 N–H and O–H groups in total. The van der Waals surface area contributed by atoms with Crippen molar-refractivity contribution in [1.82, 2.24) is 9.88 Å². The number of thiazole rings is 1. The average molecular weight is 462 g/mol. The first kappa shape index (κ1) is 22.5. The molecule has 0 radical (unpaired) electrons. The highest BCUT2D eigenvalue weighted by Gasteiger charge is 2.20. The van der Waals surface area contributed by atoms with E-state index in [2.05, 4.69) is 27.6 Å². The molecular formula is C24H23N5O3S. The molecule has 1 aliphatic heterocycles. The number of carbonyl (C=O) groups is 2. The molecule has 1 atom stereocenters. The molecule has 2 heterocycles. The number of benzene rings is 2. The number of amides is 2. The van der Waals surface area contributed by atoms with Crippen LogP contribution in [0.15, 0.2) is 48.5 Å². The van der Waals surface area contributed by atoms with Crippen LogP contribution in [0.5, 0.6) is 5.75 Å². The Bertz CT molecular complexity index is 1230. The van der Waals surface area contributed by atoms with Gasteiger partial charge in [-0.05, 0) is 50.4 Å². The second-order valence-corrected chi connectivity index (χ2v) is 8.88. The van der Waals surface area contributed by atoms with Crippen molar-refractivity contribution < 1.29 is 14.3 Å². The zero-order valence-electron chi connectivity index (χ0n) is 18.3. The molecular weight excluding hydrogens is 438 g/mol. The van der Waals surface area contributed by atoms with Crippen molar-refractivity contribution in [2.75, 3.05) is 24.2 Å². The summed E-state index contributed by atoms with van der Waals surface area (Å²) in [6.45, 7) is 3.42. The Morgan fingerprint density at radius 2 is 2.03 bits per heavy atom. The van der Waals surface area contributed by atoms with Crippen LogP contribution in [0, 0.1) is 11.3 Å². The Kier molecular flexibility index (Phi) is 6.68. The molecule has 0 saturated carbocycles. The van der Waals surface area contributed by atoms with Crippen molar-refractivity contribution in [2.45, 2.75) is 26.0 Å². The van der Waals surface area contributed by atoms with Crippen LogP contribution in [-0.4, -0.2) is 41.4 Å². The van der Waals surface area contributed by atoms with Gasteiger partial charge in [-0.3, -0.25) is 14.9 Å². The molecule has 0 fully saturated rings. The van der Waals surface area contributed by atoms with Crippen molar-refractivity contribution in [3.8, 4) is 11.8 Å². The minimum Gasteiger partial charge on any atom is -0.481 e. The summed E-state index contributed by atoms with van der Waals surface area (Å²) >= 11 is 1.50. The van der Waals surface area contributed by atoms with Crippen molar-refractivity contribution in [1.29, 1.82) is 5.26 Å². The van der Waals surface area contributed by atoms with Crippen LogP contribution in [0.3, 0.4) is 0 Å². The summed E-state index contributed by atoms with van der Waals surface area (Å²) in [5.74, 6) is -0.250. The molecule has 0 bridgehead atoms. The summed E-state index contributed by atoms with van der Waals surface area (Å²) in [4.78, 5) is 33.2. The zero-order chi connectivity index (χ0) is 23.4. The summed E-state index contributed by atoms with van der Waals surface area (Å²) in [7, 11) is 2.07. The monoisotopic (exact) mass is 461 g/mol. The van der Waals surface area contributed by atoms with Crippen LogP contribution in [0.2, 0.25) is 0 Å². The highest BCUT2D eigenvalue weighted by Crippen LogP contribution is 2.28. The fourth-order valence-corrected chi connectivity index (χ4v) is 4.51. The number of nitriles is 1. The summed E-state index contributed by atoms with van der Waals surface area (Å²) in [6.07, 6.45) is 0.0687. The molecule has 4 rings (SSSR count). The van der Waals surface area contributed by atoms with Crippen LogP contribution in [-0.2, 0) is 17.8 Å². The van der Waals surface area contributed by atoms with Crippen LogP contribution < -0.4 is 15.4 Å². The third kappa shape index (κ3) is 5.55. The van der Waals surface area contributed by atoms with E-state index in [0.29, 0.717) is 27.7 Å². The number of likely N-dealkylation sites (N-methyl/N-ethyl adjacent to an activating group) is 1. The summed E-state index contributed by atoms with van der Waals surface area (Å²) in [5.41, 5.74) is 2.42. The fraction of sp³-hybridized carbons (Fsp3) is 0.250. The van der Waals surface area contributed by atoms with Crippen LogP contribution in [0.4, 0.5) is 10.8 Å². The van der Waals surface area contributed by atoms with Crippen molar-refractivity contribution in [3.05, 3.63) is 70.2 Å². The first-order chi connectivity index (χ1) is 15.9. The van der Waals surface area contributed by atoms with Gasteiger partial charge in [0.1, 0.15) is 5.75 Å². The van der Waals surface area contributed by atoms with Crippen molar-refractivity contribution >= 4 is 34.0 Å². The maximum absolute atomic E-state index is 12.7. The molecule has 1 aliphatic rings. The van der Waals surface area contributed by atoms with Gasteiger partial charge in [0.15, 0.2) is 11.2 Å². The number of hydrogen-bond donors (Lipinski definition) is 2. The summed E-state index contributed by atoms with van der Waals surface area (Å²) < 4.78 is 5.75. The number of rotatable bonds is 6. The molecule has 33 heavy (non-hydrogen) atoms. The molecule has 0 spiro atoms. The SMILES string of the molecule is C[C@@H](Oc1cccc(C(=O)Nc2nc3c(s2)CN(C)CC3)c1)C(=O)Nc1cccc(C#N)c1. The van der Waals surface area contributed by atoms with Crippen molar-refractivity contribution in [2.24, 2.45) is 0 Å². The van der Waals surface area contributed by atoms with E-state index >= 15 is 0 Å². The van der Waals surface area contributed by atoms with Gasteiger partial charge in [0.05, 0.1) is 17.3 Å². The number of fused-ring (bicyclic) bond motifs is 1. The van der Waals surface area contributed by atoms with Gasteiger partial charge in [0, 0.05) is 35.6 Å². The first-order valence-electron chi connectivity index (χ1n) is 10.5. The first-order valence-corrected chi connectivity index (χ1v) is 11.3. The molecule has 168 valence electrons. The second kappa shape index (κ2) is 9.81. The van der Waals surface area contributed by atoms with E-state index in [1.807, 2.05) is 6.07 Å². The Morgan fingerprint density at radius 3 is 2.85 bits per heavy atom. The quantitative estimate of drug-likeness (QED) is 0.580. The lowest BCUT2D eigenvalue weighted by molar-refractivity contribution is -0.122. The molecule has 3 aromatic rings. The Labute approximate surface area is 195 Å². The van der Waals surface area contributed by atoms with Gasteiger partial charge < -0.3 is 15.0 Å². The Hall–Kier alpha value is -3.74. The lowest BCUT2D eigenvalue weighted by Gasteiger charge is -2.20. The predicted molar refractivity (Wildman–Crippen MR) is 126 cm³/mol. The molecule has 0 saturated heterocycles. The number of ether oxygens (including phenoxy) is 1. The average Bonchev–Trinajstić information content (AvgIpc) is 3.20. The van der Waals surface area contributed by atoms with Crippen LogP contribution in [0.25, 0.3) is 0 Å². The maximum Gasteiger partial charge on any atom is 0.265 e. The molecule has 8 nitrogen and oxygen atoms in total. The van der Waals surface area contributed by atoms with E-state index < -0.39 is 6.10 Å². The number of carbonyl (C=O) groups excluding carboxylic acids is 2. The standard InChI is InChI=1S/C24H23N5O3S/c1-15(22(30)26-18-7-3-5-16(11-18)13-25)32-19-8-4-6-17(12-19)23(31)28-24-27-20-9-10-29(2)14-21(20)33-24/h3-8,11-12,15H,9-10,14H2,1-2H3,(H,26,30)(H,27,28,31)/t15-/m1/s1. The fourth-order valence-electron chi connectivity index (χ4n) is 3.42. The van der Waals surface area contributed by atoms with E-state index in [0.717, 1.165) is 25.2 Å². The lowest BCUT2D eigenvalue weighted by Crippen LogP contribution is -2.30. The van der Waals surface area contributed by atoms with Gasteiger partial charge >= 0.3 is 0 Å². The molecule has 0 aliphatic carbocycles. The normalized spacial score (nSPS) is 14.0. The van der Waals surface area contributed by atoms with E-state index in [9.17, 15) is 9.59 Å². The number of nitrogens with zero attached hydrogens (tertiary/aromatic N) is 3. The largest absolute Gasteiger partial charge is 0.481 e. The Balaban J connectivity index is 1.38. The third-order valence-corrected chi connectivity index (χ3v) is 6.18. The van der Waals surface area contributed by atoms with Gasteiger partial charge in [-0.1, -0.05) is 12.1 Å². The maximum atomic E-state index is 12.7. The second-order valence-electron chi connectivity index (χ2n) is 7.80. The van der Waals surface area contributed by atoms with Gasteiger partial charge in [-0.25, -0.2) is 4.98 Å². The lowest BCUT2D eigenvalue weighted by atomic mass is 10.2. The molecule has 0 unspecified atom stereocenters. The topological polar surface area (TPSA) is 107 Å². The number of nitrogens with one attached hydrogen (secondary N) is 2. The van der Waals surface area contributed by atoms with E-state index in [-0.39, 0.29) is 11.8 Å². The number of aromatic nitrogens is 1. The summed E-state index contributed by atoms with van der Waals surface area (Å²) in [6, 6.07) is 15.3. The van der Waals surface area contributed by atoms with Gasteiger partial charge in [0.25, 0.3) is 11.8 Å². The Morgan fingerprint density at radius 1 is 1.21 bits per heavy atom.